The van der Waals surface area contributed by atoms with Crippen LogP contribution in [0, 0.1) is 0 Å². The first-order chi connectivity index (χ1) is 50.7. The molecule has 0 aliphatic rings. The highest BCUT2D eigenvalue weighted by Crippen LogP contribution is 2.45. The average Bonchev–Trinajstić information content (AvgIpc) is 0.911. The highest BCUT2D eigenvalue weighted by Gasteiger charge is 2.30. The van der Waals surface area contributed by atoms with Gasteiger partial charge < -0.3 is 33.8 Å². The number of carbonyl (C=O) groups excluding carboxylic acids is 4. The number of esters is 4. The van der Waals surface area contributed by atoms with E-state index in [0.717, 1.165) is 186 Å². The number of phosphoric ester groups is 2. The summed E-state index contributed by atoms with van der Waals surface area (Å²) in [6.07, 6.45) is 85.7. The molecule has 0 heterocycles. The van der Waals surface area contributed by atoms with Gasteiger partial charge in [0.2, 0.25) is 0 Å². The molecule has 0 rings (SSSR count). The van der Waals surface area contributed by atoms with Crippen molar-refractivity contribution in [2.24, 2.45) is 0 Å². The van der Waals surface area contributed by atoms with Gasteiger partial charge in [-0.05, 0) is 135 Å². The molecule has 5 unspecified atom stereocenters. The van der Waals surface area contributed by atoms with Crippen LogP contribution in [0.25, 0.3) is 0 Å². The molecular formula is C85H144O17P2. The van der Waals surface area contributed by atoms with Gasteiger partial charge in [0.25, 0.3) is 0 Å². The minimum Gasteiger partial charge on any atom is -0.462 e. The highest BCUT2D eigenvalue weighted by atomic mass is 31.2. The third kappa shape index (κ3) is 75.4. The Bertz CT molecular complexity index is 2490. The van der Waals surface area contributed by atoms with Crippen LogP contribution in [0.15, 0.2) is 134 Å². The van der Waals surface area contributed by atoms with Gasteiger partial charge >= 0.3 is 39.5 Å². The number of ether oxygens (including phenoxy) is 4. The first-order valence-electron chi connectivity index (χ1n) is 40.4. The van der Waals surface area contributed by atoms with E-state index >= 15 is 0 Å². The summed E-state index contributed by atoms with van der Waals surface area (Å²) in [5.74, 6) is -2.24. The maximum Gasteiger partial charge on any atom is 0.472 e. The molecule has 104 heavy (non-hydrogen) atoms. The van der Waals surface area contributed by atoms with Gasteiger partial charge in [-0.2, -0.15) is 0 Å². The fraction of sp³-hybridized carbons (Fsp3) is 0.694. The van der Waals surface area contributed by atoms with E-state index in [0.29, 0.717) is 32.1 Å². The molecule has 17 nitrogen and oxygen atoms in total. The number of allylic oxidation sites excluding steroid dienone is 22. The molecule has 0 saturated carbocycles. The van der Waals surface area contributed by atoms with E-state index in [9.17, 15) is 43.2 Å². The predicted octanol–water partition coefficient (Wildman–Crippen LogP) is 23.7. The minimum absolute atomic E-state index is 0.0366. The van der Waals surface area contributed by atoms with Gasteiger partial charge in [-0.15, -0.1) is 0 Å². The Morgan fingerprint density at radius 3 is 0.788 bits per heavy atom. The van der Waals surface area contributed by atoms with Crippen LogP contribution in [0.5, 0.6) is 0 Å². The van der Waals surface area contributed by atoms with E-state index in [2.05, 4.69) is 161 Å². The van der Waals surface area contributed by atoms with Crippen molar-refractivity contribution < 1.29 is 80.2 Å². The number of unbranched alkanes of at least 4 members (excludes halogenated alkanes) is 27. The van der Waals surface area contributed by atoms with Gasteiger partial charge in [0.15, 0.2) is 12.2 Å². The van der Waals surface area contributed by atoms with E-state index in [1.54, 1.807) is 0 Å². The number of rotatable bonds is 75. The lowest BCUT2D eigenvalue weighted by Gasteiger charge is -2.21. The molecule has 0 aromatic carbocycles. The molecule has 0 amide bonds. The normalized spacial score (nSPS) is 14.6. The minimum atomic E-state index is -5.00. The topological polar surface area (TPSA) is 237 Å². The van der Waals surface area contributed by atoms with Crippen LogP contribution in [0.3, 0.4) is 0 Å². The summed E-state index contributed by atoms with van der Waals surface area (Å²) >= 11 is 0. The Hall–Kier alpha value is -4.80. The zero-order chi connectivity index (χ0) is 76.0. The lowest BCUT2D eigenvalue weighted by atomic mass is 10.0. The molecule has 0 aromatic rings. The lowest BCUT2D eigenvalue weighted by molar-refractivity contribution is -0.161. The molecule has 19 heteroatoms. The number of phosphoric acid groups is 2. The Morgan fingerprint density at radius 1 is 0.279 bits per heavy atom. The Kier molecular flexibility index (Phi) is 72.9. The van der Waals surface area contributed by atoms with Crippen molar-refractivity contribution in [3.05, 3.63) is 134 Å². The van der Waals surface area contributed by atoms with Crippen molar-refractivity contribution in [3.8, 4) is 0 Å². The van der Waals surface area contributed by atoms with Crippen molar-refractivity contribution in [3.63, 3.8) is 0 Å². The monoisotopic (exact) mass is 1500 g/mol. The van der Waals surface area contributed by atoms with Crippen LogP contribution in [0.1, 0.15) is 323 Å². The van der Waals surface area contributed by atoms with E-state index in [1.807, 2.05) is 0 Å². The van der Waals surface area contributed by atoms with E-state index in [1.165, 1.54) is 51.4 Å². The number of aliphatic hydroxyl groups excluding tert-OH is 1. The fourth-order valence-electron chi connectivity index (χ4n) is 10.6. The van der Waals surface area contributed by atoms with E-state index < -0.39 is 97.5 Å². The summed E-state index contributed by atoms with van der Waals surface area (Å²) in [7, 11) is -9.98. The van der Waals surface area contributed by atoms with Crippen molar-refractivity contribution in [2.45, 2.75) is 341 Å². The molecule has 0 radical (unpaired) electrons. The van der Waals surface area contributed by atoms with Crippen LogP contribution in [-0.2, 0) is 65.4 Å². The lowest BCUT2D eigenvalue weighted by Crippen LogP contribution is -2.30. The number of hydrogen-bond donors (Lipinski definition) is 3. The summed E-state index contributed by atoms with van der Waals surface area (Å²) in [6.45, 7) is 4.49. The molecule has 0 aliphatic carbocycles. The molecule has 5 atom stereocenters. The predicted molar refractivity (Wildman–Crippen MR) is 427 cm³/mol. The second-order valence-corrected chi connectivity index (χ2v) is 29.5. The Labute approximate surface area is 631 Å². The number of hydrogen-bond acceptors (Lipinski definition) is 15. The Balaban J connectivity index is 5.39. The second-order valence-electron chi connectivity index (χ2n) is 26.6. The van der Waals surface area contributed by atoms with Gasteiger partial charge in [-0.1, -0.05) is 296 Å². The van der Waals surface area contributed by atoms with Crippen molar-refractivity contribution in [1.29, 1.82) is 0 Å². The summed E-state index contributed by atoms with van der Waals surface area (Å²) in [5, 5.41) is 10.6. The third-order valence-electron chi connectivity index (χ3n) is 16.6. The third-order valence-corrected chi connectivity index (χ3v) is 18.5. The standard InChI is InChI=1S/C85H144O17P2/c1-5-9-13-17-21-25-29-33-36-38-39-41-44-47-50-54-58-62-66-70-83(88)96-76-81(102-85(90)72-68-64-60-56-52-48-42-35-31-27-23-19-15-11-7-3)78-100-104(93,94)98-74-79(86)73-97-103(91,92)99-77-80(101-84(89)71-67-63-59-55-51-45-32-28-24-20-16-12-8-4)75-95-82(87)69-65-61-57-53-49-46-43-40-37-34-30-26-22-18-14-10-6-2/h9-11,13-15,21-23,25-27,33-37,39,41-42,52,56,79-81,86H,5-8,12,16-20,24,28-32,38,40,43-51,53-55,57-78H2,1-4H3,(H,91,92)(H,93,94)/b13-9-,14-10-,15-11-,25-21-,26-22-,27-23-,36-33-,37-34-,41-39-,42-35-,56-52-. The van der Waals surface area contributed by atoms with E-state index in [4.69, 9.17) is 37.0 Å². The summed E-state index contributed by atoms with van der Waals surface area (Å²) in [5.41, 5.74) is 0. The van der Waals surface area contributed by atoms with Gasteiger partial charge in [-0.3, -0.25) is 37.3 Å². The van der Waals surface area contributed by atoms with Crippen molar-refractivity contribution in [2.75, 3.05) is 39.6 Å². The van der Waals surface area contributed by atoms with E-state index in [-0.39, 0.29) is 25.7 Å². The Morgan fingerprint density at radius 2 is 0.500 bits per heavy atom. The molecule has 3 N–H and O–H groups in total. The summed E-state index contributed by atoms with van der Waals surface area (Å²) < 4.78 is 68.6. The van der Waals surface area contributed by atoms with Crippen molar-refractivity contribution >= 4 is 39.5 Å². The largest absolute Gasteiger partial charge is 0.472 e. The second kappa shape index (κ2) is 76.4. The molecule has 0 spiro atoms. The quantitative estimate of drug-likeness (QED) is 0.0169. The van der Waals surface area contributed by atoms with Crippen LogP contribution >= 0.6 is 15.6 Å². The molecule has 0 bridgehead atoms. The van der Waals surface area contributed by atoms with Gasteiger partial charge in [0.1, 0.15) is 19.3 Å². The van der Waals surface area contributed by atoms with Gasteiger partial charge in [-0.25, -0.2) is 9.13 Å². The maximum absolute atomic E-state index is 13.1. The highest BCUT2D eigenvalue weighted by molar-refractivity contribution is 7.47. The maximum atomic E-state index is 13.1. The summed E-state index contributed by atoms with van der Waals surface area (Å²) in [6, 6.07) is 0. The average molecular weight is 1500 g/mol. The van der Waals surface area contributed by atoms with Crippen LogP contribution in [-0.4, -0.2) is 96.7 Å². The zero-order valence-corrected chi connectivity index (χ0v) is 66.9. The summed E-state index contributed by atoms with van der Waals surface area (Å²) in [4.78, 5) is 73.1. The smallest absolute Gasteiger partial charge is 0.462 e. The number of carbonyl (C=O) groups is 4. The molecule has 596 valence electrons. The van der Waals surface area contributed by atoms with Crippen LogP contribution in [0.2, 0.25) is 0 Å². The molecular weight excluding hydrogens is 1350 g/mol. The molecule has 0 saturated heterocycles. The van der Waals surface area contributed by atoms with Crippen LogP contribution in [0.4, 0.5) is 0 Å². The molecule has 0 fully saturated rings. The van der Waals surface area contributed by atoms with Crippen LogP contribution < -0.4 is 0 Å². The zero-order valence-electron chi connectivity index (χ0n) is 65.2. The number of aliphatic hydroxyl groups is 1. The fourth-order valence-corrected chi connectivity index (χ4v) is 12.1. The first kappa shape index (κ1) is 99.2. The van der Waals surface area contributed by atoms with Gasteiger partial charge in [0, 0.05) is 25.7 Å². The first-order valence-corrected chi connectivity index (χ1v) is 43.4. The van der Waals surface area contributed by atoms with Crippen molar-refractivity contribution in [1.82, 2.24) is 0 Å². The SMILES string of the molecule is CC/C=C\C/C=C\C/C=C\C/C=C\CCCCCCCCC(=O)OCC(COP(=O)(O)OCC(O)COP(=O)(O)OCC(COC(=O)CCCCCCCCC/C=C\C/C=C\C/C=C\CC)OC(=O)CCCCCCCCCCCCCCC)OC(=O)CCCC/C=C\C/C=C\C/C=C\C/C=C\CC. The van der Waals surface area contributed by atoms with Gasteiger partial charge in [0.05, 0.1) is 26.4 Å². The molecule has 0 aliphatic heterocycles. The molecule has 0 aromatic heterocycles.